The summed E-state index contributed by atoms with van der Waals surface area (Å²) in [6.07, 6.45) is 9.55. The Bertz CT molecular complexity index is 1050. The van der Waals surface area contributed by atoms with Crippen LogP contribution >= 0.6 is 0 Å². The number of rotatable bonds is 10. The highest BCUT2D eigenvalue weighted by molar-refractivity contribution is 6.47. The van der Waals surface area contributed by atoms with E-state index in [1.807, 2.05) is 44.2 Å². The minimum absolute atomic E-state index is 0.0141. The Labute approximate surface area is 241 Å². The lowest BCUT2D eigenvalue weighted by atomic mass is 9.43. The average Bonchev–Trinajstić information content (AvgIpc) is 3.31. The van der Waals surface area contributed by atoms with Crippen LogP contribution in [0.4, 0.5) is 0 Å². The third-order valence-electron chi connectivity index (χ3n) is 11.1. The van der Waals surface area contributed by atoms with Crippen LogP contribution in [0.15, 0.2) is 30.3 Å². The predicted molar refractivity (Wildman–Crippen MR) is 158 cm³/mol. The van der Waals surface area contributed by atoms with Crippen molar-refractivity contribution in [2.75, 3.05) is 0 Å². The third kappa shape index (κ3) is 5.60. The highest BCUT2D eigenvalue weighted by atomic mass is 16.7. The predicted octanol–water partition coefficient (Wildman–Crippen LogP) is 4.94. The van der Waals surface area contributed by atoms with Crippen molar-refractivity contribution in [1.82, 2.24) is 10.6 Å². The number of carbonyl (C=O) groups is 2. The van der Waals surface area contributed by atoms with Crippen molar-refractivity contribution in [3.63, 3.8) is 0 Å². The van der Waals surface area contributed by atoms with Crippen LogP contribution in [0.25, 0.3) is 0 Å². The summed E-state index contributed by atoms with van der Waals surface area (Å²) in [5.41, 5.74) is 7.15. The molecule has 1 aromatic rings. The Morgan fingerprint density at radius 2 is 1.75 bits per heavy atom. The van der Waals surface area contributed by atoms with Crippen molar-refractivity contribution in [2.24, 2.45) is 34.8 Å². The van der Waals surface area contributed by atoms with Gasteiger partial charge in [0.2, 0.25) is 11.8 Å². The number of nitrogens with one attached hydrogen (secondary N) is 2. The van der Waals surface area contributed by atoms with E-state index >= 15 is 0 Å². The highest BCUT2D eigenvalue weighted by Crippen LogP contribution is 2.66. The molecule has 0 aromatic heterocycles. The van der Waals surface area contributed by atoms with Crippen LogP contribution in [0.3, 0.4) is 0 Å². The van der Waals surface area contributed by atoms with Gasteiger partial charge in [0, 0.05) is 0 Å². The summed E-state index contributed by atoms with van der Waals surface area (Å²) in [6.45, 7) is 10.9. The molecule has 5 aliphatic rings. The zero-order valence-corrected chi connectivity index (χ0v) is 25.2. The lowest BCUT2D eigenvalue weighted by Gasteiger charge is -2.64. The Morgan fingerprint density at radius 1 is 1.05 bits per heavy atom. The highest BCUT2D eigenvalue weighted by Gasteiger charge is 2.68. The fourth-order valence-corrected chi connectivity index (χ4v) is 8.10. The molecule has 4 saturated carbocycles. The first kappa shape index (κ1) is 29.6. The molecule has 1 heterocycles. The number of hydrogen-bond donors (Lipinski definition) is 3. The van der Waals surface area contributed by atoms with Gasteiger partial charge in [-0.15, -0.1) is 0 Å². The average molecular weight is 552 g/mol. The molecule has 1 aromatic carbocycles. The van der Waals surface area contributed by atoms with Gasteiger partial charge in [0.1, 0.15) is 6.04 Å². The molecule has 4 aliphatic carbocycles. The number of benzene rings is 1. The van der Waals surface area contributed by atoms with Crippen molar-refractivity contribution in [3.05, 3.63) is 35.9 Å². The fourth-order valence-electron chi connectivity index (χ4n) is 8.10. The second kappa shape index (κ2) is 11.8. The van der Waals surface area contributed by atoms with Gasteiger partial charge in [-0.25, -0.2) is 0 Å². The smallest absolute Gasteiger partial charge is 0.404 e. The van der Waals surface area contributed by atoms with E-state index in [0.29, 0.717) is 24.2 Å². The first-order valence-corrected chi connectivity index (χ1v) is 15.8. The summed E-state index contributed by atoms with van der Waals surface area (Å²) in [7, 11) is -0.599. The molecule has 0 radical (unpaired) electrons. The lowest BCUT2D eigenvalue weighted by Crippen LogP contribution is -2.65. The molecular formula is C32H50BN3O4. The van der Waals surface area contributed by atoms with E-state index in [1.165, 1.54) is 25.7 Å². The SMILES string of the molecule is CCC(C)[C@H](NC(=O)[C@H](N)CC1CCCCC1)C(=O)N[C@H](B1O[C@H]2C[C@H]3C[C@H](C3(C)C)[C@@]2(C)O1)c1ccccc1. The van der Waals surface area contributed by atoms with Gasteiger partial charge in [0.15, 0.2) is 0 Å². The molecule has 7 nitrogen and oxygen atoms in total. The summed E-state index contributed by atoms with van der Waals surface area (Å²) in [6, 6.07) is 8.62. The van der Waals surface area contributed by atoms with Crippen LogP contribution in [-0.4, -0.2) is 42.7 Å². The van der Waals surface area contributed by atoms with Crippen LogP contribution < -0.4 is 16.4 Å². The monoisotopic (exact) mass is 551 g/mol. The van der Waals surface area contributed by atoms with Crippen molar-refractivity contribution >= 4 is 18.9 Å². The van der Waals surface area contributed by atoms with E-state index in [0.717, 1.165) is 31.2 Å². The minimum Gasteiger partial charge on any atom is -0.404 e. The molecule has 1 unspecified atom stereocenters. The van der Waals surface area contributed by atoms with Crippen molar-refractivity contribution in [3.8, 4) is 0 Å². The number of amides is 2. The molecule has 5 fully saturated rings. The Morgan fingerprint density at radius 3 is 2.40 bits per heavy atom. The van der Waals surface area contributed by atoms with Gasteiger partial charge >= 0.3 is 7.12 Å². The molecule has 220 valence electrons. The molecule has 1 saturated heterocycles. The molecular weight excluding hydrogens is 501 g/mol. The van der Waals surface area contributed by atoms with Gasteiger partial charge in [0.05, 0.1) is 23.7 Å². The van der Waals surface area contributed by atoms with Crippen LogP contribution in [0, 0.1) is 29.1 Å². The van der Waals surface area contributed by atoms with Crippen LogP contribution in [0.5, 0.6) is 0 Å². The second-order valence-electron chi connectivity index (χ2n) is 14.0. The van der Waals surface area contributed by atoms with Gasteiger partial charge in [-0.3, -0.25) is 9.59 Å². The molecule has 6 rings (SSSR count). The molecule has 8 heteroatoms. The largest absolute Gasteiger partial charge is 0.486 e. The zero-order chi connectivity index (χ0) is 28.7. The first-order chi connectivity index (χ1) is 19.0. The number of nitrogens with two attached hydrogens (primary N) is 1. The Hall–Kier alpha value is -1.90. The van der Waals surface area contributed by atoms with Crippen LogP contribution in [0.2, 0.25) is 0 Å². The Balaban J connectivity index is 1.31. The maximum atomic E-state index is 13.9. The molecule has 4 N–H and O–H groups in total. The van der Waals surface area contributed by atoms with E-state index in [9.17, 15) is 9.59 Å². The van der Waals surface area contributed by atoms with Crippen molar-refractivity contribution in [2.45, 2.75) is 122 Å². The topological polar surface area (TPSA) is 103 Å². The minimum atomic E-state index is -0.688. The molecule has 40 heavy (non-hydrogen) atoms. The van der Waals surface area contributed by atoms with E-state index in [4.69, 9.17) is 15.0 Å². The summed E-state index contributed by atoms with van der Waals surface area (Å²) >= 11 is 0. The van der Waals surface area contributed by atoms with Gasteiger partial charge < -0.3 is 25.7 Å². The van der Waals surface area contributed by atoms with E-state index < -0.39 is 25.1 Å². The standard InChI is InChI=1S/C32H50BN3O4/c1-6-20(2)27(35-29(37)24(34)17-21-13-9-7-10-14-21)30(38)36-28(22-15-11-8-12-16-22)33-39-26-19-23-18-25(31(23,3)4)32(26,5)40-33/h8,11-12,15-16,20-21,23-28H,6-7,9-10,13-14,17-19,34H2,1-5H3,(H,35,37)(H,36,38)/t20?,23-,24-,25-,26+,27+,28+,32-/m1/s1. The molecule has 2 bridgehead atoms. The number of carbonyl (C=O) groups excluding carboxylic acids is 2. The molecule has 0 spiro atoms. The van der Waals surface area contributed by atoms with E-state index in [-0.39, 0.29) is 34.9 Å². The Kier molecular flexibility index (Phi) is 8.71. The molecule has 1 aliphatic heterocycles. The summed E-state index contributed by atoms with van der Waals surface area (Å²) in [4.78, 5) is 27.1. The van der Waals surface area contributed by atoms with Crippen LogP contribution in [0.1, 0.15) is 104 Å². The maximum absolute atomic E-state index is 13.9. The summed E-state index contributed by atoms with van der Waals surface area (Å²) in [5, 5.41) is 6.28. The van der Waals surface area contributed by atoms with Gasteiger partial charge in [-0.2, -0.15) is 0 Å². The zero-order valence-electron chi connectivity index (χ0n) is 25.2. The second-order valence-corrected chi connectivity index (χ2v) is 14.0. The number of hydrogen-bond acceptors (Lipinski definition) is 5. The maximum Gasteiger partial charge on any atom is 0.486 e. The van der Waals surface area contributed by atoms with E-state index in [2.05, 4.69) is 31.4 Å². The van der Waals surface area contributed by atoms with E-state index in [1.54, 1.807) is 0 Å². The van der Waals surface area contributed by atoms with Crippen molar-refractivity contribution < 1.29 is 18.9 Å². The molecule has 2 amide bonds. The normalized spacial score (nSPS) is 32.2. The summed E-state index contributed by atoms with van der Waals surface area (Å²) in [5.74, 6) is 0.556. The third-order valence-corrected chi connectivity index (χ3v) is 11.1. The summed E-state index contributed by atoms with van der Waals surface area (Å²) < 4.78 is 13.4. The lowest BCUT2D eigenvalue weighted by molar-refractivity contribution is -0.199. The van der Waals surface area contributed by atoms with Crippen molar-refractivity contribution in [1.29, 1.82) is 0 Å². The van der Waals surface area contributed by atoms with Gasteiger partial charge in [0.25, 0.3) is 0 Å². The molecule has 8 atom stereocenters. The first-order valence-electron chi connectivity index (χ1n) is 15.8. The van der Waals surface area contributed by atoms with Gasteiger partial charge in [-0.05, 0) is 60.8 Å². The fraction of sp³-hybridized carbons (Fsp3) is 0.750. The van der Waals surface area contributed by atoms with Crippen LogP contribution in [-0.2, 0) is 18.9 Å². The quantitative estimate of drug-likeness (QED) is 0.358. The van der Waals surface area contributed by atoms with Gasteiger partial charge in [-0.1, -0.05) is 96.6 Å².